The van der Waals surface area contributed by atoms with Gasteiger partial charge in [0.25, 0.3) is 11.8 Å². The second-order valence-corrected chi connectivity index (χ2v) is 9.99. The average molecular weight is 551 g/mol. The number of hydrogen-bond acceptors (Lipinski definition) is 8. The van der Waals surface area contributed by atoms with Gasteiger partial charge < -0.3 is 19.9 Å². The third-order valence-electron chi connectivity index (χ3n) is 5.72. The Balaban J connectivity index is 1.27. The van der Waals surface area contributed by atoms with E-state index in [0.29, 0.717) is 30.3 Å². The molecule has 40 heavy (non-hydrogen) atoms. The van der Waals surface area contributed by atoms with Gasteiger partial charge >= 0.3 is 12.1 Å². The number of nitrogens with zero attached hydrogens (tertiary/aromatic N) is 3. The van der Waals surface area contributed by atoms with E-state index in [9.17, 15) is 24.3 Å². The Morgan fingerprint density at radius 2 is 1.65 bits per heavy atom. The molecule has 12 heteroatoms. The molecule has 1 aromatic heterocycles. The maximum absolute atomic E-state index is 12.5. The summed E-state index contributed by atoms with van der Waals surface area (Å²) in [6.45, 7) is 6.03. The van der Waals surface area contributed by atoms with Crippen LogP contribution in [0.4, 0.5) is 4.79 Å². The number of carbonyl (C=O) groups excluding carboxylic acids is 3. The molecule has 1 aliphatic rings. The van der Waals surface area contributed by atoms with Crippen molar-refractivity contribution in [2.24, 2.45) is 0 Å². The summed E-state index contributed by atoms with van der Waals surface area (Å²) in [4.78, 5) is 53.6. The van der Waals surface area contributed by atoms with Crippen molar-refractivity contribution in [3.63, 3.8) is 0 Å². The van der Waals surface area contributed by atoms with E-state index < -0.39 is 42.2 Å². The number of aryl methyl sites for hydroxylation is 1. The van der Waals surface area contributed by atoms with Crippen LogP contribution in [-0.4, -0.2) is 68.7 Å². The van der Waals surface area contributed by atoms with E-state index in [1.54, 1.807) is 68.0 Å². The molecule has 3 amide bonds. The van der Waals surface area contributed by atoms with Gasteiger partial charge in [0.1, 0.15) is 18.0 Å². The smallest absolute Gasteiger partial charge is 0.407 e. The van der Waals surface area contributed by atoms with Crippen LogP contribution < -0.4 is 10.1 Å². The third kappa shape index (κ3) is 7.03. The van der Waals surface area contributed by atoms with Crippen molar-refractivity contribution in [2.75, 3.05) is 13.2 Å². The molecule has 2 aromatic carbocycles. The van der Waals surface area contributed by atoms with E-state index in [0.717, 1.165) is 11.1 Å². The molecule has 0 bridgehead atoms. The monoisotopic (exact) mass is 550 g/mol. The predicted octanol–water partition coefficient (Wildman–Crippen LogP) is 3.52. The summed E-state index contributed by atoms with van der Waals surface area (Å²) < 4.78 is 12.6. The molecule has 0 aliphatic carbocycles. The van der Waals surface area contributed by atoms with Crippen LogP contribution in [0.5, 0.6) is 5.75 Å². The fourth-order valence-electron chi connectivity index (χ4n) is 3.83. The normalized spacial score (nSPS) is 13.6. The number of imide groups is 1. The van der Waals surface area contributed by atoms with Gasteiger partial charge in [-0.1, -0.05) is 24.3 Å². The molecule has 4 rings (SSSR count). The SMILES string of the molecule is CC(C)(C)OC(=O)NCCCn1cc(-c2ccc(OCC(ON3C(=O)c4ccccc4C3=O)C(=O)O)cc2)cn1. The Morgan fingerprint density at radius 1 is 1.00 bits per heavy atom. The molecule has 0 radical (unpaired) electrons. The van der Waals surface area contributed by atoms with Crippen LogP contribution in [-0.2, 0) is 20.9 Å². The molecule has 0 saturated heterocycles. The highest BCUT2D eigenvalue weighted by atomic mass is 16.7. The van der Waals surface area contributed by atoms with Crippen LogP contribution in [0.25, 0.3) is 11.1 Å². The minimum Gasteiger partial charge on any atom is -0.490 e. The van der Waals surface area contributed by atoms with Crippen LogP contribution in [0, 0.1) is 0 Å². The summed E-state index contributed by atoms with van der Waals surface area (Å²) in [7, 11) is 0. The van der Waals surface area contributed by atoms with Crippen LogP contribution >= 0.6 is 0 Å². The van der Waals surface area contributed by atoms with Crippen molar-refractivity contribution in [1.29, 1.82) is 0 Å². The molecule has 12 nitrogen and oxygen atoms in total. The quantitative estimate of drug-likeness (QED) is 0.270. The first-order valence-corrected chi connectivity index (χ1v) is 12.6. The number of hydroxylamine groups is 2. The van der Waals surface area contributed by atoms with Crippen molar-refractivity contribution in [3.8, 4) is 16.9 Å². The number of amides is 3. The van der Waals surface area contributed by atoms with Gasteiger partial charge in [-0.2, -0.15) is 5.10 Å². The van der Waals surface area contributed by atoms with Gasteiger partial charge in [-0.25, -0.2) is 14.4 Å². The maximum atomic E-state index is 12.5. The Hall–Kier alpha value is -4.71. The van der Waals surface area contributed by atoms with Crippen LogP contribution in [0.2, 0.25) is 0 Å². The van der Waals surface area contributed by atoms with E-state index in [4.69, 9.17) is 14.3 Å². The van der Waals surface area contributed by atoms with Crippen molar-refractivity contribution >= 4 is 23.9 Å². The Kier molecular flexibility index (Phi) is 8.49. The summed E-state index contributed by atoms with van der Waals surface area (Å²) in [5.74, 6) is -2.46. The Morgan fingerprint density at radius 3 is 2.25 bits per heavy atom. The van der Waals surface area contributed by atoms with Gasteiger partial charge in [0.15, 0.2) is 0 Å². The number of alkyl carbamates (subject to hydrolysis) is 1. The lowest BCUT2D eigenvalue weighted by Gasteiger charge is -2.19. The molecule has 1 aliphatic heterocycles. The second-order valence-electron chi connectivity index (χ2n) is 9.99. The number of hydrogen-bond donors (Lipinski definition) is 2. The number of aromatic nitrogens is 2. The lowest BCUT2D eigenvalue weighted by atomic mass is 10.1. The van der Waals surface area contributed by atoms with E-state index in [-0.39, 0.29) is 11.1 Å². The average Bonchev–Trinajstić information content (AvgIpc) is 3.47. The first-order valence-electron chi connectivity index (χ1n) is 12.6. The second kappa shape index (κ2) is 12.0. The molecule has 210 valence electrons. The summed E-state index contributed by atoms with van der Waals surface area (Å²) in [5, 5.41) is 17.1. The van der Waals surface area contributed by atoms with E-state index in [1.807, 2.05) is 6.20 Å². The molecule has 0 spiro atoms. The number of rotatable bonds is 11. The minimum atomic E-state index is -1.59. The van der Waals surface area contributed by atoms with Gasteiger partial charge in [0, 0.05) is 24.8 Å². The first-order chi connectivity index (χ1) is 19.0. The molecule has 2 heterocycles. The molecular formula is C28H30N4O8. The summed E-state index contributed by atoms with van der Waals surface area (Å²) >= 11 is 0. The number of benzene rings is 2. The Bertz CT molecular complexity index is 1360. The van der Waals surface area contributed by atoms with E-state index in [1.165, 1.54) is 12.1 Å². The Labute approximate surface area is 230 Å². The minimum absolute atomic E-state index is 0.147. The van der Waals surface area contributed by atoms with Gasteiger partial charge in [-0.3, -0.25) is 14.3 Å². The van der Waals surface area contributed by atoms with E-state index >= 15 is 0 Å². The van der Waals surface area contributed by atoms with E-state index in [2.05, 4.69) is 10.4 Å². The summed E-state index contributed by atoms with van der Waals surface area (Å²) in [6, 6.07) is 13.1. The standard InChI is InChI=1S/C28H30N4O8/c1-28(2,3)39-27(37)29-13-6-14-31-16-19(15-30-31)18-9-11-20(12-10-18)38-17-23(26(35)36)40-32-24(33)21-7-4-5-8-22(21)25(32)34/h4-5,7-12,15-16,23H,6,13-14,17H2,1-3H3,(H,29,37)(H,35,36). The molecular weight excluding hydrogens is 520 g/mol. The zero-order valence-electron chi connectivity index (χ0n) is 22.3. The number of fused-ring (bicyclic) bond motifs is 1. The fourth-order valence-corrected chi connectivity index (χ4v) is 3.83. The first kappa shape index (κ1) is 28.3. The number of nitrogens with one attached hydrogen (secondary N) is 1. The van der Waals surface area contributed by atoms with Crippen LogP contribution in [0.3, 0.4) is 0 Å². The zero-order valence-corrected chi connectivity index (χ0v) is 22.3. The van der Waals surface area contributed by atoms with Crippen molar-refractivity contribution in [2.45, 2.75) is 45.4 Å². The van der Waals surface area contributed by atoms with Crippen LogP contribution in [0.1, 0.15) is 47.9 Å². The molecule has 0 fully saturated rings. The largest absolute Gasteiger partial charge is 0.490 e. The number of carboxylic acids is 1. The fraction of sp³-hybridized carbons (Fsp3) is 0.321. The lowest BCUT2D eigenvalue weighted by Crippen LogP contribution is -2.41. The maximum Gasteiger partial charge on any atom is 0.407 e. The third-order valence-corrected chi connectivity index (χ3v) is 5.72. The van der Waals surface area contributed by atoms with Crippen molar-refractivity contribution in [3.05, 3.63) is 72.1 Å². The number of carboxylic acid groups (broad SMARTS) is 1. The predicted molar refractivity (Wildman–Crippen MR) is 141 cm³/mol. The summed E-state index contributed by atoms with van der Waals surface area (Å²) in [5.41, 5.74) is 1.48. The highest BCUT2D eigenvalue weighted by molar-refractivity contribution is 6.20. The van der Waals surface area contributed by atoms with Crippen molar-refractivity contribution in [1.82, 2.24) is 20.2 Å². The summed E-state index contributed by atoms with van der Waals surface area (Å²) in [6.07, 6.45) is 2.21. The number of aliphatic carboxylic acids is 1. The highest BCUT2D eigenvalue weighted by Crippen LogP contribution is 2.25. The molecule has 2 N–H and O–H groups in total. The molecule has 1 unspecified atom stereocenters. The molecule has 3 aromatic rings. The molecule has 0 saturated carbocycles. The van der Waals surface area contributed by atoms with Gasteiger partial charge in [-0.15, -0.1) is 5.06 Å². The number of ether oxygens (including phenoxy) is 2. The highest BCUT2D eigenvalue weighted by Gasteiger charge is 2.39. The van der Waals surface area contributed by atoms with Crippen molar-refractivity contribution < 1.29 is 38.6 Å². The topological polar surface area (TPSA) is 149 Å². The van der Waals surface area contributed by atoms with Gasteiger partial charge in [-0.05, 0) is 57.0 Å². The molecule has 1 atom stereocenters. The number of carbonyl (C=O) groups is 4. The van der Waals surface area contributed by atoms with Crippen LogP contribution in [0.15, 0.2) is 60.9 Å². The lowest BCUT2D eigenvalue weighted by molar-refractivity contribution is -0.178. The zero-order chi connectivity index (χ0) is 28.9. The van der Waals surface area contributed by atoms with Gasteiger partial charge in [0.05, 0.1) is 17.3 Å². The van der Waals surface area contributed by atoms with Gasteiger partial charge in [0.2, 0.25) is 6.10 Å².